The van der Waals surface area contributed by atoms with Crippen LogP contribution in [0.4, 0.5) is 18.9 Å². The van der Waals surface area contributed by atoms with Gasteiger partial charge >= 0.3 is 6.36 Å². The molecule has 11 heteroatoms. The van der Waals surface area contributed by atoms with Gasteiger partial charge in [0, 0.05) is 29.5 Å². The molecule has 2 unspecified atom stereocenters. The lowest BCUT2D eigenvalue weighted by atomic mass is 9.94. The molecule has 1 saturated heterocycles. The first-order chi connectivity index (χ1) is 21.5. The number of aliphatic imine (C=N–C) groups is 1. The van der Waals surface area contributed by atoms with Crippen molar-refractivity contribution in [3.05, 3.63) is 89.7 Å². The molecule has 2 heterocycles. The van der Waals surface area contributed by atoms with Crippen LogP contribution >= 0.6 is 11.8 Å². The van der Waals surface area contributed by atoms with E-state index in [9.17, 15) is 18.0 Å². The van der Waals surface area contributed by atoms with Crippen LogP contribution in [-0.2, 0) is 4.79 Å². The number of aromatic nitrogens is 3. The first kappa shape index (κ1) is 32.3. The van der Waals surface area contributed by atoms with Crippen LogP contribution < -0.4 is 9.64 Å². The predicted octanol–water partition coefficient (Wildman–Crippen LogP) is 8.64. The van der Waals surface area contributed by atoms with Gasteiger partial charge in [-0.25, -0.2) is 9.67 Å². The summed E-state index contributed by atoms with van der Waals surface area (Å²) >= 11 is 1.66. The van der Waals surface area contributed by atoms with E-state index in [2.05, 4.69) is 70.6 Å². The van der Waals surface area contributed by atoms with Crippen molar-refractivity contribution in [2.24, 2.45) is 4.99 Å². The van der Waals surface area contributed by atoms with Gasteiger partial charge in [-0.1, -0.05) is 61.2 Å². The summed E-state index contributed by atoms with van der Waals surface area (Å²) in [4.78, 5) is 24.1. The average Bonchev–Trinajstić information content (AvgIpc) is 3.48. The summed E-state index contributed by atoms with van der Waals surface area (Å²) in [7, 11) is 0. The number of halogens is 3. The summed E-state index contributed by atoms with van der Waals surface area (Å²) in [5.74, 6) is 1.31. The molecule has 0 aliphatic carbocycles. The second-order valence-corrected chi connectivity index (χ2v) is 12.4. The number of carbonyl (C=O) groups excluding carboxylic acids is 1. The smallest absolute Gasteiger partial charge is 0.406 e. The number of hydrogen-bond donors (Lipinski definition) is 0. The van der Waals surface area contributed by atoms with Crippen molar-refractivity contribution < 1.29 is 22.7 Å². The maximum Gasteiger partial charge on any atom is 0.573 e. The topological polar surface area (TPSA) is 72.6 Å². The zero-order valence-corrected chi connectivity index (χ0v) is 26.5. The molecule has 1 amide bonds. The summed E-state index contributed by atoms with van der Waals surface area (Å²) in [6.07, 6.45) is -0.208. The second-order valence-electron chi connectivity index (χ2n) is 11.4. The van der Waals surface area contributed by atoms with E-state index >= 15 is 0 Å². The standard InChI is InChI=1S/C34H36F3N5O2S/c1-22(7-6-10-30(43)39-33-42(25(4)19-20-45-33)31-23(2)8-5-9-24(31)3)26-11-13-27(14-12-26)32-38-21-41(40-32)28-15-17-29(18-16-28)44-34(35,36)37/h5,8-9,11-18,21-22,25H,6-7,10,19-20H2,1-4H3. The lowest BCUT2D eigenvalue weighted by Gasteiger charge is -2.37. The number of amides is 1. The van der Waals surface area contributed by atoms with E-state index in [0.717, 1.165) is 47.0 Å². The zero-order chi connectivity index (χ0) is 32.1. The van der Waals surface area contributed by atoms with Gasteiger partial charge in [0.2, 0.25) is 5.91 Å². The van der Waals surface area contributed by atoms with Crippen molar-refractivity contribution in [3.63, 3.8) is 0 Å². The van der Waals surface area contributed by atoms with Gasteiger partial charge in [0.1, 0.15) is 12.1 Å². The Morgan fingerprint density at radius 3 is 2.42 bits per heavy atom. The fraction of sp³-hybridized carbons (Fsp3) is 0.353. The molecular weight excluding hydrogens is 599 g/mol. The van der Waals surface area contributed by atoms with Crippen LogP contribution in [-0.4, -0.2) is 44.0 Å². The van der Waals surface area contributed by atoms with Gasteiger partial charge < -0.3 is 9.64 Å². The summed E-state index contributed by atoms with van der Waals surface area (Å²) in [5, 5.41) is 5.27. The molecule has 1 aliphatic rings. The quantitative estimate of drug-likeness (QED) is 0.183. The molecule has 2 atom stereocenters. The van der Waals surface area contributed by atoms with E-state index < -0.39 is 6.36 Å². The number of aryl methyl sites for hydroxylation is 2. The summed E-state index contributed by atoms with van der Waals surface area (Å²) in [6.45, 7) is 8.55. The zero-order valence-electron chi connectivity index (χ0n) is 25.7. The Labute approximate surface area is 265 Å². The minimum Gasteiger partial charge on any atom is -0.406 e. The number of ether oxygens (including phenoxy) is 1. The number of thioether (sulfide) groups is 1. The van der Waals surface area contributed by atoms with Crippen molar-refractivity contribution in [3.8, 4) is 22.8 Å². The molecular formula is C34H36F3N5O2S. The molecule has 0 saturated carbocycles. The fourth-order valence-corrected chi connectivity index (χ4v) is 6.68. The molecule has 1 fully saturated rings. The number of para-hydroxylation sites is 1. The predicted molar refractivity (Wildman–Crippen MR) is 173 cm³/mol. The molecule has 45 heavy (non-hydrogen) atoms. The number of anilines is 1. The molecule has 7 nitrogen and oxygen atoms in total. The van der Waals surface area contributed by atoms with Crippen molar-refractivity contribution in [1.82, 2.24) is 14.8 Å². The molecule has 3 aromatic carbocycles. The van der Waals surface area contributed by atoms with Crippen molar-refractivity contribution in [2.45, 2.75) is 71.7 Å². The van der Waals surface area contributed by atoms with Gasteiger partial charge in [0.25, 0.3) is 0 Å². The highest BCUT2D eigenvalue weighted by molar-refractivity contribution is 8.14. The molecule has 1 aromatic heterocycles. The maximum absolute atomic E-state index is 13.0. The van der Waals surface area contributed by atoms with E-state index in [-0.39, 0.29) is 23.6 Å². The summed E-state index contributed by atoms with van der Waals surface area (Å²) < 4.78 is 42.7. The highest BCUT2D eigenvalue weighted by atomic mass is 32.2. The molecule has 4 aromatic rings. The van der Waals surface area contributed by atoms with E-state index in [1.165, 1.54) is 46.4 Å². The Bertz CT molecular complexity index is 1630. The minimum atomic E-state index is -4.74. The lowest BCUT2D eigenvalue weighted by molar-refractivity contribution is -0.274. The molecule has 236 valence electrons. The van der Waals surface area contributed by atoms with Gasteiger partial charge in [-0.3, -0.25) is 4.79 Å². The van der Waals surface area contributed by atoms with Crippen molar-refractivity contribution in [1.29, 1.82) is 0 Å². The first-order valence-corrected chi connectivity index (χ1v) is 15.9. The average molecular weight is 636 g/mol. The molecule has 1 aliphatic heterocycles. The Balaban J connectivity index is 1.16. The summed E-state index contributed by atoms with van der Waals surface area (Å²) in [5.41, 5.74) is 6.04. The van der Waals surface area contributed by atoms with Crippen LogP contribution in [0.25, 0.3) is 17.1 Å². The number of benzene rings is 3. The first-order valence-electron chi connectivity index (χ1n) is 15.0. The number of carbonyl (C=O) groups is 1. The normalized spacial score (nSPS) is 17.0. The van der Waals surface area contributed by atoms with Crippen LogP contribution in [0.3, 0.4) is 0 Å². The summed E-state index contributed by atoms with van der Waals surface area (Å²) in [6, 6.07) is 20.0. The third-order valence-corrected chi connectivity index (χ3v) is 8.89. The Kier molecular flexibility index (Phi) is 9.96. The van der Waals surface area contributed by atoms with E-state index in [1.54, 1.807) is 11.8 Å². The lowest BCUT2D eigenvalue weighted by Crippen LogP contribution is -2.42. The maximum atomic E-state index is 13.0. The number of rotatable bonds is 9. The van der Waals surface area contributed by atoms with Gasteiger partial charge in [-0.2, -0.15) is 4.99 Å². The Hall–Kier alpha value is -4.12. The van der Waals surface area contributed by atoms with Gasteiger partial charge in [0.15, 0.2) is 11.0 Å². The third kappa shape index (κ3) is 8.13. The van der Waals surface area contributed by atoms with Gasteiger partial charge in [-0.15, -0.1) is 18.3 Å². The van der Waals surface area contributed by atoms with Gasteiger partial charge in [0.05, 0.1) is 5.69 Å². The van der Waals surface area contributed by atoms with Crippen molar-refractivity contribution >= 4 is 28.5 Å². The molecule has 0 spiro atoms. The Morgan fingerprint density at radius 2 is 1.76 bits per heavy atom. The monoisotopic (exact) mass is 635 g/mol. The number of alkyl halides is 3. The van der Waals surface area contributed by atoms with Crippen molar-refractivity contribution in [2.75, 3.05) is 10.7 Å². The molecule has 0 N–H and O–H groups in total. The van der Waals surface area contributed by atoms with Crippen LogP contribution in [0.1, 0.15) is 62.1 Å². The third-order valence-electron chi connectivity index (χ3n) is 7.91. The molecule has 5 rings (SSSR count). The fourth-order valence-electron chi connectivity index (χ4n) is 5.47. The van der Waals surface area contributed by atoms with Crippen LogP contribution in [0.5, 0.6) is 5.75 Å². The second kappa shape index (κ2) is 13.9. The largest absolute Gasteiger partial charge is 0.573 e. The van der Waals surface area contributed by atoms with Gasteiger partial charge in [-0.05, 0) is 86.9 Å². The Morgan fingerprint density at radius 1 is 1.07 bits per heavy atom. The highest BCUT2D eigenvalue weighted by Gasteiger charge is 2.31. The minimum absolute atomic E-state index is 0.0884. The SMILES string of the molecule is Cc1cccc(C)c1N1C(=NC(=O)CCCC(C)c2ccc(-c3ncn(-c4ccc(OC(F)(F)F)cc4)n3)cc2)SCCC1C. The van der Waals surface area contributed by atoms with E-state index in [1.807, 2.05) is 24.3 Å². The van der Waals surface area contributed by atoms with Crippen LogP contribution in [0.15, 0.2) is 78.0 Å². The van der Waals surface area contributed by atoms with Crippen LogP contribution in [0, 0.1) is 13.8 Å². The van der Waals surface area contributed by atoms with E-state index in [4.69, 9.17) is 0 Å². The number of hydrogen-bond acceptors (Lipinski definition) is 5. The van der Waals surface area contributed by atoms with E-state index in [0.29, 0.717) is 17.9 Å². The molecule has 0 radical (unpaired) electrons. The number of amidine groups is 1. The number of nitrogens with zero attached hydrogens (tertiary/aromatic N) is 5. The highest BCUT2D eigenvalue weighted by Crippen LogP contribution is 2.34. The molecule has 0 bridgehead atoms. The van der Waals surface area contributed by atoms with Crippen LogP contribution in [0.2, 0.25) is 0 Å².